The number of nitrogens with one attached hydrogen (secondary N) is 1. The third kappa shape index (κ3) is 3.15. The summed E-state index contributed by atoms with van der Waals surface area (Å²) in [4.78, 5) is 5.21. The minimum absolute atomic E-state index is 0.140. The fraction of sp³-hybridized carbons (Fsp3) is 0.818. The average molecular weight is 314 g/mol. The lowest BCUT2D eigenvalue weighted by Gasteiger charge is -2.32. The molecule has 0 aliphatic carbocycles. The van der Waals surface area contributed by atoms with E-state index in [-0.39, 0.29) is 5.82 Å². The number of nitrogens with zero attached hydrogens (tertiary/aromatic N) is 3. The van der Waals surface area contributed by atoms with E-state index in [1.807, 2.05) is 4.90 Å². The molecule has 120 valence electrons. The number of hydrogen-bond acceptors (Lipinski definition) is 5. The summed E-state index contributed by atoms with van der Waals surface area (Å²) in [5.41, 5.74) is 0. The van der Waals surface area contributed by atoms with Crippen LogP contribution in [0, 0.1) is 0 Å². The van der Waals surface area contributed by atoms with Gasteiger partial charge < -0.3 is 9.84 Å². The Morgan fingerprint density at radius 3 is 2.38 bits per heavy atom. The van der Waals surface area contributed by atoms with Crippen LogP contribution in [0.2, 0.25) is 0 Å². The molecule has 1 atom stereocenters. The first-order chi connectivity index (χ1) is 9.77. The van der Waals surface area contributed by atoms with E-state index >= 15 is 0 Å². The number of halogens is 5. The highest BCUT2D eigenvalue weighted by Gasteiger charge is 2.63. The van der Waals surface area contributed by atoms with Crippen molar-refractivity contribution in [2.45, 2.75) is 31.5 Å². The minimum Gasteiger partial charge on any atom is -0.332 e. The molecule has 1 aromatic rings. The molecule has 1 aliphatic heterocycles. The predicted octanol–water partition coefficient (Wildman–Crippen LogP) is 2.08. The van der Waals surface area contributed by atoms with Crippen LogP contribution in [0.5, 0.6) is 0 Å². The van der Waals surface area contributed by atoms with Crippen LogP contribution >= 0.6 is 0 Å². The molecule has 0 amide bonds. The van der Waals surface area contributed by atoms with Gasteiger partial charge >= 0.3 is 18.0 Å². The number of rotatable bonds is 4. The van der Waals surface area contributed by atoms with E-state index in [1.165, 1.54) is 0 Å². The second kappa shape index (κ2) is 5.84. The highest BCUT2D eigenvalue weighted by Crippen LogP contribution is 2.43. The molecule has 1 unspecified atom stereocenters. The quantitative estimate of drug-likeness (QED) is 0.863. The molecule has 5 nitrogen and oxygen atoms in total. The van der Waals surface area contributed by atoms with Crippen molar-refractivity contribution in [3.63, 3.8) is 0 Å². The summed E-state index contributed by atoms with van der Waals surface area (Å²) in [5.74, 6) is -6.99. The molecule has 21 heavy (non-hydrogen) atoms. The van der Waals surface area contributed by atoms with Crippen molar-refractivity contribution in [3.8, 4) is 0 Å². The van der Waals surface area contributed by atoms with Gasteiger partial charge in [0.05, 0.1) is 6.04 Å². The fourth-order valence-electron chi connectivity index (χ4n) is 2.22. The molecule has 0 radical (unpaired) electrons. The molecule has 1 N–H and O–H groups in total. The van der Waals surface area contributed by atoms with Gasteiger partial charge in [-0.3, -0.25) is 4.90 Å². The molecule has 0 spiro atoms. The van der Waals surface area contributed by atoms with Crippen LogP contribution in [0.3, 0.4) is 0 Å². The maximum Gasteiger partial charge on any atom is 0.463 e. The average Bonchev–Trinajstić information content (AvgIpc) is 2.90. The van der Waals surface area contributed by atoms with Crippen LogP contribution < -0.4 is 5.32 Å². The Balaban J connectivity index is 2.21. The van der Waals surface area contributed by atoms with Crippen LogP contribution in [0.1, 0.15) is 31.1 Å². The lowest BCUT2D eigenvalue weighted by atomic mass is 10.1. The van der Waals surface area contributed by atoms with Gasteiger partial charge in [0, 0.05) is 26.2 Å². The summed E-state index contributed by atoms with van der Waals surface area (Å²) in [6.07, 6.45) is -5.27. The first-order valence-corrected chi connectivity index (χ1v) is 6.50. The molecule has 2 rings (SSSR count). The van der Waals surface area contributed by atoms with Crippen LogP contribution in [0.25, 0.3) is 0 Å². The molecule has 1 saturated heterocycles. The van der Waals surface area contributed by atoms with Crippen molar-refractivity contribution in [2.24, 2.45) is 0 Å². The Bertz CT molecular complexity index is 469. The van der Waals surface area contributed by atoms with E-state index < -0.39 is 24.0 Å². The molecule has 1 aliphatic rings. The number of aromatic nitrogens is 2. The summed E-state index contributed by atoms with van der Waals surface area (Å²) in [7, 11) is 0. The van der Waals surface area contributed by atoms with Crippen LogP contribution in [-0.2, 0) is 5.92 Å². The van der Waals surface area contributed by atoms with Gasteiger partial charge in [0.15, 0.2) is 5.82 Å². The second-order valence-corrected chi connectivity index (χ2v) is 4.74. The van der Waals surface area contributed by atoms with E-state index in [4.69, 9.17) is 0 Å². The summed E-state index contributed by atoms with van der Waals surface area (Å²) < 4.78 is 67.2. The van der Waals surface area contributed by atoms with Crippen molar-refractivity contribution in [3.05, 3.63) is 11.7 Å². The molecular weight excluding hydrogens is 299 g/mol. The maximum atomic E-state index is 13.1. The Hall–Kier alpha value is -1.29. The first kappa shape index (κ1) is 16.1. The number of piperazine rings is 1. The first-order valence-electron chi connectivity index (χ1n) is 6.50. The monoisotopic (exact) mass is 314 g/mol. The standard InChI is InChI=1S/C11H15F5N4O/c1-2-7(20-5-3-17-4-6-20)8-18-9(21-19-8)10(12,13)11(14,15)16/h7,17H,2-6H2,1H3. The molecule has 10 heteroatoms. The van der Waals surface area contributed by atoms with Gasteiger partial charge in [-0.05, 0) is 6.42 Å². The second-order valence-electron chi connectivity index (χ2n) is 4.74. The lowest BCUT2D eigenvalue weighted by molar-refractivity contribution is -0.298. The molecule has 0 aromatic carbocycles. The highest BCUT2D eigenvalue weighted by molar-refractivity contribution is 5.02. The zero-order chi connectivity index (χ0) is 15.7. The van der Waals surface area contributed by atoms with Crippen molar-refractivity contribution in [1.29, 1.82) is 0 Å². The Labute approximate surface area is 117 Å². The Kier molecular flexibility index (Phi) is 4.47. The Morgan fingerprint density at radius 1 is 1.24 bits per heavy atom. The Morgan fingerprint density at radius 2 is 1.86 bits per heavy atom. The van der Waals surface area contributed by atoms with Gasteiger partial charge in [-0.2, -0.15) is 26.9 Å². The van der Waals surface area contributed by atoms with Crippen molar-refractivity contribution < 1.29 is 26.5 Å². The number of hydrogen-bond donors (Lipinski definition) is 1. The van der Waals surface area contributed by atoms with Gasteiger partial charge in [0.2, 0.25) is 0 Å². The predicted molar refractivity (Wildman–Crippen MR) is 61.7 cm³/mol. The van der Waals surface area contributed by atoms with Gasteiger partial charge in [0.25, 0.3) is 0 Å². The van der Waals surface area contributed by atoms with Gasteiger partial charge in [-0.1, -0.05) is 12.1 Å². The molecule has 1 aromatic heterocycles. The van der Waals surface area contributed by atoms with E-state index in [0.717, 1.165) is 0 Å². The third-order valence-corrected chi connectivity index (χ3v) is 3.34. The summed E-state index contributed by atoms with van der Waals surface area (Å²) in [6, 6.07) is -0.436. The van der Waals surface area contributed by atoms with Gasteiger partial charge in [0.1, 0.15) is 0 Å². The largest absolute Gasteiger partial charge is 0.463 e. The van der Waals surface area contributed by atoms with Crippen LogP contribution in [0.15, 0.2) is 4.52 Å². The zero-order valence-corrected chi connectivity index (χ0v) is 11.3. The number of alkyl halides is 5. The van der Waals surface area contributed by atoms with Crippen molar-refractivity contribution >= 4 is 0 Å². The smallest absolute Gasteiger partial charge is 0.332 e. The summed E-state index contributed by atoms with van der Waals surface area (Å²) >= 11 is 0. The zero-order valence-electron chi connectivity index (χ0n) is 11.3. The van der Waals surface area contributed by atoms with E-state index in [1.54, 1.807) is 6.92 Å². The minimum atomic E-state index is -5.76. The summed E-state index contributed by atoms with van der Waals surface area (Å²) in [5, 5.41) is 6.43. The SMILES string of the molecule is CCC(c1noc(C(F)(F)C(F)(F)F)n1)N1CCNCC1. The molecule has 2 heterocycles. The van der Waals surface area contributed by atoms with Crippen LogP contribution in [0.4, 0.5) is 22.0 Å². The van der Waals surface area contributed by atoms with E-state index in [2.05, 4.69) is 20.0 Å². The normalized spacial score (nSPS) is 19.7. The van der Waals surface area contributed by atoms with Crippen molar-refractivity contribution in [2.75, 3.05) is 26.2 Å². The van der Waals surface area contributed by atoms with E-state index in [0.29, 0.717) is 32.6 Å². The molecule has 1 fully saturated rings. The fourth-order valence-corrected chi connectivity index (χ4v) is 2.22. The summed E-state index contributed by atoms with van der Waals surface area (Å²) in [6.45, 7) is 4.47. The van der Waals surface area contributed by atoms with Crippen molar-refractivity contribution in [1.82, 2.24) is 20.4 Å². The molecular formula is C11H15F5N4O. The highest BCUT2D eigenvalue weighted by atomic mass is 19.4. The maximum absolute atomic E-state index is 13.1. The van der Waals surface area contributed by atoms with E-state index in [9.17, 15) is 22.0 Å². The van der Waals surface area contributed by atoms with Crippen LogP contribution in [-0.4, -0.2) is 47.4 Å². The molecule has 0 bridgehead atoms. The topological polar surface area (TPSA) is 54.2 Å². The molecule has 0 saturated carbocycles. The van der Waals surface area contributed by atoms with Gasteiger partial charge in [-0.25, -0.2) is 0 Å². The van der Waals surface area contributed by atoms with Gasteiger partial charge in [-0.15, -0.1) is 0 Å². The third-order valence-electron chi connectivity index (χ3n) is 3.34. The lowest BCUT2D eigenvalue weighted by Crippen LogP contribution is -2.45.